The number of nitrogens with zero attached hydrogens (tertiary/aromatic N) is 4. The van der Waals surface area contributed by atoms with Crippen molar-refractivity contribution in [2.45, 2.75) is 24.9 Å². The van der Waals surface area contributed by atoms with Gasteiger partial charge in [-0.05, 0) is 6.07 Å². The second-order valence-corrected chi connectivity index (χ2v) is 3.73. The van der Waals surface area contributed by atoms with E-state index in [1.807, 2.05) is 0 Å². The fourth-order valence-corrected chi connectivity index (χ4v) is 1.54. The van der Waals surface area contributed by atoms with Gasteiger partial charge in [0.05, 0.1) is 0 Å². The van der Waals surface area contributed by atoms with Gasteiger partial charge in [-0.25, -0.2) is 0 Å². The maximum atomic E-state index is 12.7. The van der Waals surface area contributed by atoms with E-state index in [2.05, 4.69) is 10.2 Å². The van der Waals surface area contributed by atoms with Gasteiger partial charge >= 0.3 is 6.18 Å². The summed E-state index contributed by atoms with van der Waals surface area (Å²) in [6.07, 6.45) is -2.08. The van der Waals surface area contributed by atoms with Crippen molar-refractivity contribution in [2.75, 3.05) is 0 Å². The number of hydrazone groups is 1. The fraction of sp³-hybridized carbons (Fsp3) is 0.444. The van der Waals surface area contributed by atoms with Crippen LogP contribution in [0.15, 0.2) is 23.6 Å². The van der Waals surface area contributed by atoms with E-state index in [0.717, 1.165) is 10.9 Å². The standard InChI is InChI=1S/C9H9F3N4O2/c10-9(11,12)8(18)2-4-14-16(8)7(17)6-15-5-1-3-13-15/h1,3-5,18H,2,6H2. The van der Waals surface area contributed by atoms with Gasteiger partial charge in [0.2, 0.25) is 0 Å². The molecule has 0 saturated carbocycles. The Kier molecular flexibility index (Phi) is 2.85. The van der Waals surface area contributed by atoms with Gasteiger partial charge in [-0.2, -0.15) is 28.4 Å². The number of amides is 1. The first-order valence-electron chi connectivity index (χ1n) is 4.96. The predicted molar refractivity (Wildman–Crippen MR) is 53.2 cm³/mol. The average Bonchev–Trinajstić information content (AvgIpc) is 2.86. The monoisotopic (exact) mass is 262 g/mol. The number of alkyl halides is 3. The molecule has 0 saturated heterocycles. The van der Waals surface area contributed by atoms with Gasteiger partial charge < -0.3 is 5.11 Å². The molecule has 2 heterocycles. The summed E-state index contributed by atoms with van der Waals surface area (Å²) < 4.78 is 39.2. The molecule has 1 aromatic rings. The molecule has 98 valence electrons. The van der Waals surface area contributed by atoms with E-state index in [0.29, 0.717) is 0 Å². The third-order valence-corrected chi connectivity index (χ3v) is 2.47. The van der Waals surface area contributed by atoms with Gasteiger partial charge in [0.1, 0.15) is 6.54 Å². The quantitative estimate of drug-likeness (QED) is 0.836. The van der Waals surface area contributed by atoms with Crippen molar-refractivity contribution in [2.24, 2.45) is 5.10 Å². The molecule has 0 radical (unpaired) electrons. The van der Waals surface area contributed by atoms with Crippen LogP contribution in [0.2, 0.25) is 0 Å². The molecule has 1 atom stereocenters. The molecule has 2 rings (SSSR count). The van der Waals surface area contributed by atoms with Crippen molar-refractivity contribution < 1.29 is 23.1 Å². The Balaban J connectivity index is 2.17. The molecule has 0 bridgehead atoms. The lowest BCUT2D eigenvalue weighted by molar-refractivity contribution is -0.302. The number of hydrogen-bond acceptors (Lipinski definition) is 4. The maximum Gasteiger partial charge on any atom is 0.438 e. The van der Waals surface area contributed by atoms with E-state index in [-0.39, 0.29) is 5.01 Å². The zero-order valence-electron chi connectivity index (χ0n) is 9.00. The lowest BCUT2D eigenvalue weighted by atomic mass is 10.1. The lowest BCUT2D eigenvalue weighted by Gasteiger charge is -2.32. The van der Waals surface area contributed by atoms with Crippen molar-refractivity contribution in [3.63, 3.8) is 0 Å². The minimum atomic E-state index is -4.97. The van der Waals surface area contributed by atoms with Crippen LogP contribution in [0.3, 0.4) is 0 Å². The summed E-state index contributed by atoms with van der Waals surface area (Å²) in [4.78, 5) is 11.7. The van der Waals surface area contributed by atoms with Crippen molar-refractivity contribution in [1.82, 2.24) is 14.8 Å². The van der Waals surface area contributed by atoms with Gasteiger partial charge in [-0.15, -0.1) is 0 Å². The van der Waals surface area contributed by atoms with Crippen LogP contribution in [0.25, 0.3) is 0 Å². The zero-order valence-corrected chi connectivity index (χ0v) is 9.00. The number of aliphatic hydroxyl groups is 1. The van der Waals surface area contributed by atoms with E-state index in [9.17, 15) is 23.1 Å². The number of hydrogen-bond donors (Lipinski definition) is 1. The third-order valence-electron chi connectivity index (χ3n) is 2.47. The molecule has 6 nitrogen and oxygen atoms in total. The van der Waals surface area contributed by atoms with Crippen LogP contribution in [0.5, 0.6) is 0 Å². The van der Waals surface area contributed by atoms with Crippen LogP contribution in [-0.2, 0) is 11.3 Å². The minimum Gasteiger partial charge on any atom is -0.362 e. The first-order chi connectivity index (χ1) is 8.34. The van der Waals surface area contributed by atoms with Gasteiger partial charge in [0.25, 0.3) is 11.6 Å². The number of rotatable bonds is 2. The molecule has 18 heavy (non-hydrogen) atoms. The van der Waals surface area contributed by atoms with Crippen LogP contribution >= 0.6 is 0 Å². The molecule has 1 aliphatic heterocycles. The van der Waals surface area contributed by atoms with Crippen LogP contribution in [0.4, 0.5) is 13.2 Å². The first-order valence-corrected chi connectivity index (χ1v) is 4.96. The number of carbonyl (C=O) groups excluding carboxylic acids is 1. The van der Waals surface area contributed by atoms with Crippen molar-refractivity contribution in [3.05, 3.63) is 18.5 Å². The summed E-state index contributed by atoms with van der Waals surface area (Å²) >= 11 is 0. The molecular weight excluding hydrogens is 253 g/mol. The van der Waals surface area contributed by atoms with Crippen LogP contribution < -0.4 is 0 Å². The Morgan fingerprint density at radius 3 is 2.78 bits per heavy atom. The van der Waals surface area contributed by atoms with Crippen LogP contribution in [0.1, 0.15) is 6.42 Å². The number of carbonyl (C=O) groups is 1. The van der Waals surface area contributed by atoms with Crippen LogP contribution in [-0.4, -0.2) is 43.9 Å². The summed E-state index contributed by atoms with van der Waals surface area (Å²) in [5.74, 6) is -0.993. The summed E-state index contributed by atoms with van der Waals surface area (Å²) in [6, 6.07) is 1.52. The summed E-state index contributed by atoms with van der Waals surface area (Å²) in [5, 5.41) is 16.5. The smallest absolute Gasteiger partial charge is 0.362 e. The molecule has 0 aromatic carbocycles. The minimum absolute atomic E-state index is 0.0503. The average molecular weight is 262 g/mol. The van der Waals surface area contributed by atoms with Crippen molar-refractivity contribution >= 4 is 12.1 Å². The number of halogens is 3. The predicted octanol–water partition coefficient (Wildman–Crippen LogP) is 0.352. The number of aromatic nitrogens is 2. The Hall–Kier alpha value is -1.90. The van der Waals surface area contributed by atoms with Gasteiger partial charge in [-0.3, -0.25) is 9.48 Å². The highest BCUT2D eigenvalue weighted by molar-refractivity contribution is 5.80. The molecule has 1 aromatic heterocycles. The Labute approximate surface area is 99.3 Å². The second-order valence-electron chi connectivity index (χ2n) is 3.73. The normalized spacial score (nSPS) is 23.7. The van der Waals surface area contributed by atoms with Crippen LogP contribution in [0, 0.1) is 0 Å². The molecule has 0 fully saturated rings. The Morgan fingerprint density at radius 2 is 2.22 bits per heavy atom. The van der Waals surface area contributed by atoms with Crippen molar-refractivity contribution in [1.29, 1.82) is 0 Å². The lowest BCUT2D eigenvalue weighted by Crippen LogP contribution is -2.57. The Bertz CT molecular complexity index is 471. The van der Waals surface area contributed by atoms with E-state index >= 15 is 0 Å². The second kappa shape index (κ2) is 4.09. The van der Waals surface area contributed by atoms with Gasteiger partial charge in [-0.1, -0.05) is 0 Å². The molecule has 1 unspecified atom stereocenters. The zero-order chi connectivity index (χ0) is 13.4. The Morgan fingerprint density at radius 1 is 1.50 bits per heavy atom. The van der Waals surface area contributed by atoms with Crippen molar-refractivity contribution in [3.8, 4) is 0 Å². The molecule has 0 aliphatic carbocycles. The molecule has 1 amide bonds. The topological polar surface area (TPSA) is 70.7 Å². The summed E-state index contributed by atoms with van der Waals surface area (Å²) in [5.41, 5.74) is -3.27. The van der Waals surface area contributed by atoms with E-state index in [4.69, 9.17) is 0 Å². The first kappa shape index (κ1) is 12.6. The third kappa shape index (κ3) is 1.96. The van der Waals surface area contributed by atoms with Gasteiger partial charge in [0, 0.05) is 25.0 Å². The summed E-state index contributed by atoms with van der Waals surface area (Å²) in [7, 11) is 0. The molecule has 1 N–H and O–H groups in total. The highest BCUT2D eigenvalue weighted by atomic mass is 19.4. The van der Waals surface area contributed by atoms with E-state index < -0.39 is 30.8 Å². The largest absolute Gasteiger partial charge is 0.438 e. The highest BCUT2D eigenvalue weighted by Gasteiger charge is 2.61. The highest BCUT2D eigenvalue weighted by Crippen LogP contribution is 2.38. The molecule has 9 heteroatoms. The molecule has 1 aliphatic rings. The summed E-state index contributed by atoms with van der Waals surface area (Å²) in [6.45, 7) is -0.428. The fourth-order valence-electron chi connectivity index (χ4n) is 1.54. The molecular formula is C9H9F3N4O2. The molecule has 0 spiro atoms. The van der Waals surface area contributed by atoms with E-state index in [1.165, 1.54) is 18.5 Å². The SMILES string of the molecule is O=C(Cn1cccn1)N1N=CCC1(O)C(F)(F)F. The van der Waals surface area contributed by atoms with Gasteiger partial charge in [0.15, 0.2) is 0 Å². The maximum absolute atomic E-state index is 12.7. The van der Waals surface area contributed by atoms with E-state index in [1.54, 1.807) is 0 Å².